The summed E-state index contributed by atoms with van der Waals surface area (Å²) < 4.78 is 0. The van der Waals surface area contributed by atoms with Gasteiger partial charge < -0.3 is 21.7 Å². The molecule has 0 bridgehead atoms. The molecule has 3 amide bonds. The molecule has 0 saturated heterocycles. The minimum absolute atomic E-state index is 0.0548. The summed E-state index contributed by atoms with van der Waals surface area (Å²) in [6.45, 7) is 1.42. The van der Waals surface area contributed by atoms with Crippen molar-refractivity contribution in [2.75, 3.05) is 13.1 Å². The smallest absolute Gasteiger partial charge is 0.312 e. The van der Waals surface area contributed by atoms with Gasteiger partial charge in [-0.1, -0.05) is 24.3 Å². The summed E-state index contributed by atoms with van der Waals surface area (Å²) in [4.78, 5) is 22.4. The molecule has 0 spiro atoms. The lowest BCUT2D eigenvalue weighted by Gasteiger charge is -2.25. The largest absolute Gasteiger partial charge is 0.353 e. The molecule has 0 saturated carbocycles. The third kappa shape index (κ3) is 3.69. The number of nitrogens with two attached hydrogens (primary N) is 1. The summed E-state index contributed by atoms with van der Waals surface area (Å²) in [5.41, 5.74) is 7.37. The van der Waals surface area contributed by atoms with E-state index in [1.165, 1.54) is 11.1 Å². The number of hydrogen-bond acceptors (Lipinski definition) is 3. The second-order valence-corrected chi connectivity index (χ2v) is 4.49. The first-order chi connectivity index (χ1) is 9.16. The van der Waals surface area contributed by atoms with Crippen LogP contribution in [-0.2, 0) is 17.8 Å². The molecule has 19 heavy (non-hydrogen) atoms. The maximum absolute atomic E-state index is 11.9. The van der Waals surface area contributed by atoms with Crippen molar-refractivity contribution in [2.24, 2.45) is 5.73 Å². The van der Waals surface area contributed by atoms with Gasteiger partial charge in [0.2, 0.25) is 5.91 Å². The van der Waals surface area contributed by atoms with E-state index in [4.69, 9.17) is 5.73 Å². The van der Waals surface area contributed by atoms with Crippen molar-refractivity contribution in [1.82, 2.24) is 16.0 Å². The number of fused-ring (bicyclic) bond motifs is 1. The number of carbonyl (C=O) groups is 2. The first kappa shape index (κ1) is 13.4. The highest BCUT2D eigenvalue weighted by Gasteiger charge is 2.23. The average Bonchev–Trinajstić information content (AvgIpc) is 2.42. The molecular formula is C13H18N4O2. The van der Waals surface area contributed by atoms with Crippen LogP contribution in [0, 0.1) is 0 Å². The molecule has 2 rings (SSSR count). The lowest BCUT2D eigenvalue weighted by Crippen LogP contribution is -2.49. The molecule has 0 aliphatic carbocycles. The van der Waals surface area contributed by atoms with Crippen molar-refractivity contribution in [2.45, 2.75) is 19.0 Å². The van der Waals surface area contributed by atoms with Crippen LogP contribution in [0.15, 0.2) is 24.3 Å². The second-order valence-electron chi connectivity index (χ2n) is 4.49. The van der Waals surface area contributed by atoms with Crippen LogP contribution >= 0.6 is 0 Å². The minimum atomic E-state index is -0.584. The van der Waals surface area contributed by atoms with Crippen LogP contribution in [0.5, 0.6) is 0 Å². The van der Waals surface area contributed by atoms with Gasteiger partial charge in [-0.25, -0.2) is 4.79 Å². The Morgan fingerprint density at radius 3 is 2.63 bits per heavy atom. The van der Waals surface area contributed by atoms with Crippen LogP contribution < -0.4 is 21.7 Å². The van der Waals surface area contributed by atoms with Gasteiger partial charge in [0, 0.05) is 19.6 Å². The zero-order valence-electron chi connectivity index (χ0n) is 10.6. The highest BCUT2D eigenvalue weighted by Crippen LogP contribution is 2.16. The molecule has 5 N–H and O–H groups in total. The fraction of sp³-hybridized carbons (Fsp3) is 0.385. The summed E-state index contributed by atoms with van der Waals surface area (Å²) in [6, 6.07) is 7.28. The van der Waals surface area contributed by atoms with Gasteiger partial charge in [0.1, 0.15) is 0 Å². The summed E-state index contributed by atoms with van der Waals surface area (Å²) in [5, 5.41) is 8.39. The van der Waals surface area contributed by atoms with Gasteiger partial charge in [0.25, 0.3) is 0 Å². The van der Waals surface area contributed by atoms with Crippen molar-refractivity contribution >= 4 is 11.9 Å². The first-order valence-electron chi connectivity index (χ1n) is 6.28. The van der Waals surface area contributed by atoms with Crippen LogP contribution in [0.25, 0.3) is 0 Å². The first-order valence-corrected chi connectivity index (χ1v) is 6.28. The fourth-order valence-corrected chi connectivity index (χ4v) is 2.13. The van der Waals surface area contributed by atoms with E-state index in [1.54, 1.807) is 0 Å². The second kappa shape index (κ2) is 6.19. The van der Waals surface area contributed by atoms with E-state index in [9.17, 15) is 9.59 Å². The van der Waals surface area contributed by atoms with Gasteiger partial charge in [-0.15, -0.1) is 0 Å². The molecule has 1 atom stereocenters. The third-order valence-electron chi connectivity index (χ3n) is 3.12. The van der Waals surface area contributed by atoms with Gasteiger partial charge in [-0.3, -0.25) is 4.79 Å². The molecule has 0 radical (unpaired) electrons. The molecule has 0 unspecified atom stereocenters. The van der Waals surface area contributed by atoms with Gasteiger partial charge >= 0.3 is 6.03 Å². The predicted octanol–water partition coefficient (Wildman–Crippen LogP) is -0.515. The topological polar surface area (TPSA) is 96.2 Å². The van der Waals surface area contributed by atoms with E-state index < -0.39 is 6.03 Å². The molecule has 1 aromatic carbocycles. The Morgan fingerprint density at radius 1 is 1.21 bits per heavy atom. The molecule has 6 heteroatoms. The number of urea groups is 1. The molecule has 1 aliphatic rings. The maximum atomic E-state index is 11.9. The summed E-state index contributed by atoms with van der Waals surface area (Å²) >= 11 is 0. The fourth-order valence-electron chi connectivity index (χ4n) is 2.13. The van der Waals surface area contributed by atoms with Gasteiger partial charge in [0.15, 0.2) is 0 Å². The van der Waals surface area contributed by atoms with Gasteiger partial charge in [-0.2, -0.15) is 0 Å². The lowest BCUT2D eigenvalue weighted by atomic mass is 9.95. The van der Waals surface area contributed by atoms with Crippen molar-refractivity contribution < 1.29 is 9.59 Å². The zero-order chi connectivity index (χ0) is 13.7. The van der Waals surface area contributed by atoms with Crippen LogP contribution in [-0.4, -0.2) is 31.1 Å². The van der Waals surface area contributed by atoms with Crippen molar-refractivity contribution in [3.05, 3.63) is 35.4 Å². The minimum Gasteiger partial charge on any atom is -0.353 e. The van der Waals surface area contributed by atoms with E-state index in [0.29, 0.717) is 26.1 Å². The number of nitrogens with one attached hydrogen (secondary N) is 3. The number of hydrogen-bond donors (Lipinski definition) is 4. The van der Waals surface area contributed by atoms with Crippen molar-refractivity contribution in [3.63, 3.8) is 0 Å². The van der Waals surface area contributed by atoms with Crippen LogP contribution in [0.2, 0.25) is 0 Å². The number of benzene rings is 1. The van der Waals surface area contributed by atoms with Crippen LogP contribution in [0.3, 0.4) is 0 Å². The summed E-state index contributed by atoms with van der Waals surface area (Å²) in [6.07, 6.45) is 0.686. The number of carbonyl (C=O) groups excluding carboxylic acids is 2. The van der Waals surface area contributed by atoms with E-state index in [1.807, 2.05) is 18.2 Å². The van der Waals surface area contributed by atoms with Gasteiger partial charge in [0.05, 0.1) is 6.04 Å². The molecule has 1 heterocycles. The predicted molar refractivity (Wildman–Crippen MR) is 71.4 cm³/mol. The molecule has 0 fully saturated rings. The highest BCUT2D eigenvalue weighted by molar-refractivity contribution is 5.82. The van der Waals surface area contributed by atoms with E-state index in [2.05, 4.69) is 22.0 Å². The zero-order valence-corrected chi connectivity index (χ0v) is 10.6. The van der Waals surface area contributed by atoms with Gasteiger partial charge in [-0.05, 0) is 17.5 Å². The quantitative estimate of drug-likeness (QED) is 0.550. The molecule has 0 aromatic heterocycles. The highest BCUT2D eigenvalue weighted by atomic mass is 16.2. The molecule has 1 aromatic rings. The van der Waals surface area contributed by atoms with Crippen molar-refractivity contribution in [3.8, 4) is 0 Å². The van der Waals surface area contributed by atoms with E-state index in [0.717, 1.165) is 0 Å². The summed E-state index contributed by atoms with van der Waals surface area (Å²) in [7, 11) is 0. The lowest BCUT2D eigenvalue weighted by molar-refractivity contribution is -0.123. The Labute approximate surface area is 111 Å². The maximum Gasteiger partial charge on any atom is 0.312 e. The normalized spacial score (nSPS) is 17.4. The standard InChI is InChI=1S/C13H18N4O2/c14-13(19)16-6-5-15-12(18)11-7-9-3-1-2-4-10(9)8-17-11/h1-4,11,17H,5-8H2,(H,15,18)(H3,14,16,19)/t11-/m1/s1. The van der Waals surface area contributed by atoms with Crippen LogP contribution in [0.1, 0.15) is 11.1 Å². The Hall–Kier alpha value is -2.08. The SMILES string of the molecule is NC(=O)NCCNC(=O)[C@H]1Cc2ccccc2CN1. The number of amides is 3. The number of rotatable bonds is 4. The van der Waals surface area contributed by atoms with Crippen LogP contribution in [0.4, 0.5) is 4.79 Å². The monoisotopic (exact) mass is 262 g/mol. The third-order valence-corrected chi connectivity index (χ3v) is 3.12. The molecule has 1 aliphatic heterocycles. The average molecular weight is 262 g/mol. The number of primary amides is 1. The molecule has 102 valence electrons. The van der Waals surface area contributed by atoms with E-state index in [-0.39, 0.29) is 11.9 Å². The molecular weight excluding hydrogens is 244 g/mol. The Kier molecular flexibility index (Phi) is 4.35. The molecule has 6 nitrogen and oxygen atoms in total. The Morgan fingerprint density at radius 2 is 1.89 bits per heavy atom. The van der Waals surface area contributed by atoms with Crippen molar-refractivity contribution in [1.29, 1.82) is 0 Å². The van der Waals surface area contributed by atoms with E-state index >= 15 is 0 Å². The Bertz CT molecular complexity index is 475. The summed E-state index contributed by atoms with van der Waals surface area (Å²) in [5.74, 6) is -0.0548. The Balaban J connectivity index is 1.80.